The van der Waals surface area contributed by atoms with Crippen molar-refractivity contribution in [3.63, 3.8) is 0 Å². The Morgan fingerprint density at radius 2 is 1.87 bits per heavy atom. The number of halogens is 2. The van der Waals surface area contributed by atoms with E-state index in [4.69, 9.17) is 16.3 Å². The summed E-state index contributed by atoms with van der Waals surface area (Å²) >= 11 is 7.56. The smallest absolute Gasteiger partial charge is 0.278 e. The zero-order valence-electron chi connectivity index (χ0n) is 15.8. The van der Waals surface area contributed by atoms with Gasteiger partial charge in [0.05, 0.1) is 24.3 Å². The minimum absolute atomic E-state index is 0.0430. The molecule has 2 amide bonds. The molecular weight excluding hydrogens is 427 g/mol. The third-order valence-electron chi connectivity index (χ3n) is 4.61. The third-order valence-corrected chi connectivity index (χ3v) is 5.79. The van der Waals surface area contributed by atoms with E-state index in [1.165, 1.54) is 30.6 Å². The van der Waals surface area contributed by atoms with Crippen molar-refractivity contribution < 1.29 is 18.7 Å². The highest BCUT2D eigenvalue weighted by molar-refractivity contribution is 7.11. The quantitative estimate of drug-likeness (QED) is 0.549. The molecule has 0 fully saturated rings. The Bertz CT molecular complexity index is 1140. The van der Waals surface area contributed by atoms with Gasteiger partial charge in [0.2, 0.25) is 0 Å². The van der Waals surface area contributed by atoms with Gasteiger partial charge in [-0.25, -0.2) is 4.39 Å². The second-order valence-electron chi connectivity index (χ2n) is 6.52. The van der Waals surface area contributed by atoms with Gasteiger partial charge in [0, 0.05) is 10.6 Å². The Morgan fingerprint density at radius 3 is 2.50 bits per heavy atom. The summed E-state index contributed by atoms with van der Waals surface area (Å²) in [6.45, 7) is 0.0430. The van der Waals surface area contributed by atoms with E-state index in [0.717, 1.165) is 4.90 Å². The average Bonchev–Trinajstić information content (AvgIpc) is 3.33. The number of nitrogens with zero attached hydrogens (tertiary/aromatic N) is 1. The van der Waals surface area contributed by atoms with Crippen LogP contribution in [0.4, 0.5) is 10.1 Å². The molecule has 0 bridgehead atoms. The van der Waals surface area contributed by atoms with Gasteiger partial charge in [-0.3, -0.25) is 14.5 Å². The highest BCUT2D eigenvalue weighted by atomic mass is 35.5. The fourth-order valence-electron chi connectivity index (χ4n) is 3.15. The molecular formula is C22H16ClFN2O3S. The average molecular weight is 443 g/mol. The van der Waals surface area contributed by atoms with E-state index in [2.05, 4.69) is 5.32 Å². The molecule has 1 N–H and O–H groups in total. The van der Waals surface area contributed by atoms with Gasteiger partial charge in [-0.15, -0.1) is 11.3 Å². The summed E-state index contributed by atoms with van der Waals surface area (Å²) < 4.78 is 18.4. The van der Waals surface area contributed by atoms with Gasteiger partial charge in [0.1, 0.15) is 17.3 Å². The van der Waals surface area contributed by atoms with Crippen LogP contribution in [0.5, 0.6) is 5.75 Å². The monoisotopic (exact) mass is 442 g/mol. The van der Waals surface area contributed by atoms with Gasteiger partial charge in [-0.1, -0.05) is 29.8 Å². The van der Waals surface area contributed by atoms with Crippen LogP contribution in [-0.4, -0.2) is 23.8 Å². The normalized spacial score (nSPS) is 13.9. The van der Waals surface area contributed by atoms with Gasteiger partial charge >= 0.3 is 0 Å². The summed E-state index contributed by atoms with van der Waals surface area (Å²) in [4.78, 5) is 28.1. The molecule has 0 saturated carbocycles. The van der Waals surface area contributed by atoms with Crippen molar-refractivity contribution in [2.24, 2.45) is 0 Å². The number of rotatable bonds is 6. The molecule has 30 heavy (non-hydrogen) atoms. The Hall–Kier alpha value is -3.16. The lowest BCUT2D eigenvalue weighted by Gasteiger charge is -2.15. The molecule has 152 valence electrons. The maximum absolute atomic E-state index is 13.2. The Balaban J connectivity index is 1.69. The van der Waals surface area contributed by atoms with Crippen LogP contribution in [-0.2, 0) is 16.1 Å². The molecule has 0 radical (unpaired) electrons. The molecule has 5 nitrogen and oxygen atoms in total. The first-order valence-corrected chi connectivity index (χ1v) is 10.2. The van der Waals surface area contributed by atoms with Gasteiger partial charge < -0.3 is 10.1 Å². The second-order valence-corrected chi connectivity index (χ2v) is 7.88. The summed E-state index contributed by atoms with van der Waals surface area (Å²) in [6, 6.07) is 14.3. The molecule has 8 heteroatoms. The topological polar surface area (TPSA) is 58.6 Å². The Morgan fingerprint density at radius 1 is 1.10 bits per heavy atom. The van der Waals surface area contributed by atoms with E-state index in [9.17, 15) is 14.0 Å². The number of thiophene rings is 1. The summed E-state index contributed by atoms with van der Waals surface area (Å²) in [6.07, 6.45) is 0. The number of amides is 2. The number of hydrogen-bond acceptors (Lipinski definition) is 5. The SMILES string of the molecule is COc1ccc(NC2=C(c3cccs3)C(=O)N(Cc3ccc(F)cc3)C2=O)cc1Cl. The number of imide groups is 1. The number of benzene rings is 2. The van der Waals surface area contributed by atoms with Crippen LogP contribution in [0.25, 0.3) is 5.57 Å². The maximum atomic E-state index is 13.2. The van der Waals surface area contributed by atoms with Crippen LogP contribution in [0.3, 0.4) is 0 Å². The maximum Gasteiger partial charge on any atom is 0.278 e. The standard InChI is InChI=1S/C22H16ClFN2O3S/c1-29-17-9-8-15(11-16(17)23)25-20-19(18-3-2-10-30-18)21(27)26(22(20)28)12-13-4-6-14(24)7-5-13/h2-11,25H,12H2,1H3. The highest BCUT2D eigenvalue weighted by Gasteiger charge is 2.39. The summed E-state index contributed by atoms with van der Waals surface area (Å²) in [5.41, 5.74) is 1.67. The minimum atomic E-state index is -0.459. The van der Waals surface area contributed by atoms with Crippen LogP contribution in [0.15, 0.2) is 65.7 Å². The van der Waals surface area contributed by atoms with Gasteiger partial charge in [-0.2, -0.15) is 0 Å². The largest absolute Gasteiger partial charge is 0.495 e. The highest BCUT2D eigenvalue weighted by Crippen LogP contribution is 2.35. The molecule has 1 aliphatic heterocycles. The van der Waals surface area contributed by atoms with Crippen molar-refractivity contribution in [2.75, 3.05) is 12.4 Å². The van der Waals surface area contributed by atoms with E-state index < -0.39 is 11.8 Å². The molecule has 0 saturated heterocycles. The molecule has 0 atom stereocenters. The number of methoxy groups -OCH3 is 1. The molecule has 4 rings (SSSR count). The molecule has 1 aromatic heterocycles. The van der Waals surface area contributed by atoms with Crippen LogP contribution in [0.1, 0.15) is 10.4 Å². The number of nitrogens with one attached hydrogen (secondary N) is 1. The summed E-state index contributed by atoms with van der Waals surface area (Å²) in [7, 11) is 1.51. The molecule has 0 spiro atoms. The van der Waals surface area contributed by atoms with Crippen LogP contribution < -0.4 is 10.1 Å². The summed E-state index contributed by atoms with van der Waals surface area (Å²) in [5.74, 6) is -0.746. The number of carbonyl (C=O) groups is 2. The van der Waals surface area contributed by atoms with Gasteiger partial charge in [-0.05, 0) is 47.3 Å². The molecule has 0 aliphatic carbocycles. The number of carbonyl (C=O) groups excluding carboxylic acids is 2. The lowest BCUT2D eigenvalue weighted by atomic mass is 10.1. The molecule has 1 aliphatic rings. The van der Waals surface area contributed by atoms with E-state index in [1.807, 2.05) is 11.4 Å². The molecule has 2 heterocycles. The first-order valence-electron chi connectivity index (χ1n) is 8.97. The second kappa shape index (κ2) is 8.30. The molecule has 0 unspecified atom stereocenters. The van der Waals surface area contributed by atoms with Gasteiger partial charge in [0.15, 0.2) is 0 Å². The summed E-state index contributed by atoms with van der Waals surface area (Å²) in [5, 5.41) is 5.26. The molecule has 2 aromatic carbocycles. The van der Waals surface area contributed by atoms with Crippen molar-refractivity contribution in [1.82, 2.24) is 4.90 Å². The van der Waals surface area contributed by atoms with Crippen LogP contribution >= 0.6 is 22.9 Å². The zero-order chi connectivity index (χ0) is 21.3. The van der Waals surface area contributed by atoms with Gasteiger partial charge in [0.25, 0.3) is 11.8 Å². The predicted molar refractivity (Wildman–Crippen MR) is 115 cm³/mol. The predicted octanol–water partition coefficient (Wildman–Crippen LogP) is 4.94. The van der Waals surface area contributed by atoms with Crippen molar-refractivity contribution >= 4 is 46.0 Å². The Labute approximate surface area is 181 Å². The number of anilines is 1. The fraction of sp³-hybridized carbons (Fsp3) is 0.0909. The van der Waals surface area contributed by atoms with Crippen LogP contribution in [0, 0.1) is 5.82 Å². The first kappa shape index (κ1) is 20.1. The van der Waals surface area contributed by atoms with E-state index >= 15 is 0 Å². The minimum Gasteiger partial charge on any atom is -0.495 e. The number of hydrogen-bond donors (Lipinski definition) is 1. The Kier molecular flexibility index (Phi) is 5.57. The zero-order valence-corrected chi connectivity index (χ0v) is 17.4. The van der Waals surface area contributed by atoms with E-state index in [-0.39, 0.29) is 18.1 Å². The van der Waals surface area contributed by atoms with E-state index in [1.54, 1.807) is 36.4 Å². The lowest BCUT2D eigenvalue weighted by molar-refractivity contribution is -0.137. The van der Waals surface area contributed by atoms with E-state index in [0.29, 0.717) is 32.5 Å². The van der Waals surface area contributed by atoms with Crippen molar-refractivity contribution in [1.29, 1.82) is 0 Å². The van der Waals surface area contributed by atoms with Crippen molar-refractivity contribution in [3.8, 4) is 5.75 Å². The third kappa shape index (κ3) is 3.81. The lowest BCUT2D eigenvalue weighted by Crippen LogP contribution is -2.31. The first-order chi connectivity index (χ1) is 14.5. The molecule has 3 aromatic rings. The van der Waals surface area contributed by atoms with Crippen molar-refractivity contribution in [2.45, 2.75) is 6.54 Å². The van der Waals surface area contributed by atoms with Crippen molar-refractivity contribution in [3.05, 3.63) is 87.0 Å². The number of ether oxygens (including phenoxy) is 1. The fourth-order valence-corrected chi connectivity index (χ4v) is 4.17. The van der Waals surface area contributed by atoms with Crippen LogP contribution in [0.2, 0.25) is 5.02 Å².